The Hall–Kier alpha value is -2.61. The lowest BCUT2D eigenvalue weighted by molar-refractivity contribution is 1.17. The van der Waals surface area contributed by atoms with Crippen molar-refractivity contribution in [3.63, 3.8) is 0 Å². The van der Waals surface area contributed by atoms with Crippen molar-refractivity contribution in [2.75, 3.05) is 0 Å². The summed E-state index contributed by atoms with van der Waals surface area (Å²) in [6, 6.07) is 21.1. The van der Waals surface area contributed by atoms with E-state index in [9.17, 15) is 0 Å². The standard InChI is InChI=1S/C18H14N2/c1-13-9-10-16-15(12-13)18-17(8-5-11-19-18)20(16)14-6-3-2-4-7-14/h2-12H,1H3. The first-order chi connectivity index (χ1) is 9.84. The van der Waals surface area contributed by atoms with Crippen molar-refractivity contribution in [2.24, 2.45) is 0 Å². The molecule has 2 aromatic carbocycles. The van der Waals surface area contributed by atoms with Crippen LogP contribution in [0.15, 0.2) is 66.9 Å². The normalized spacial score (nSPS) is 11.2. The van der Waals surface area contributed by atoms with Crippen molar-refractivity contribution in [1.29, 1.82) is 0 Å². The van der Waals surface area contributed by atoms with Crippen LogP contribution in [0.4, 0.5) is 0 Å². The van der Waals surface area contributed by atoms with Crippen LogP contribution < -0.4 is 0 Å². The average Bonchev–Trinajstić information content (AvgIpc) is 2.82. The molecule has 2 heteroatoms. The van der Waals surface area contributed by atoms with Crippen molar-refractivity contribution < 1.29 is 0 Å². The highest BCUT2D eigenvalue weighted by atomic mass is 15.0. The van der Waals surface area contributed by atoms with Crippen LogP contribution in [0.25, 0.3) is 27.6 Å². The topological polar surface area (TPSA) is 17.8 Å². The molecule has 0 aliphatic heterocycles. The van der Waals surface area contributed by atoms with E-state index >= 15 is 0 Å². The van der Waals surface area contributed by atoms with Gasteiger partial charge in [-0.15, -0.1) is 0 Å². The van der Waals surface area contributed by atoms with Crippen LogP contribution in [0, 0.1) is 6.92 Å². The molecule has 0 fully saturated rings. The number of fused-ring (bicyclic) bond motifs is 3. The molecular formula is C18H14N2. The van der Waals surface area contributed by atoms with E-state index in [1.807, 2.05) is 18.3 Å². The van der Waals surface area contributed by atoms with E-state index < -0.39 is 0 Å². The fraction of sp³-hybridized carbons (Fsp3) is 0.0556. The molecule has 4 rings (SSSR count). The second-order valence-electron chi connectivity index (χ2n) is 5.06. The quantitative estimate of drug-likeness (QED) is 0.492. The Kier molecular flexibility index (Phi) is 2.36. The Labute approximate surface area is 117 Å². The first-order valence-corrected chi connectivity index (χ1v) is 6.76. The molecule has 96 valence electrons. The number of aryl methyl sites for hydroxylation is 1. The predicted molar refractivity (Wildman–Crippen MR) is 83.3 cm³/mol. The molecule has 0 N–H and O–H groups in total. The largest absolute Gasteiger partial charge is 0.308 e. The first-order valence-electron chi connectivity index (χ1n) is 6.76. The third-order valence-electron chi connectivity index (χ3n) is 3.69. The summed E-state index contributed by atoms with van der Waals surface area (Å²) in [6.07, 6.45) is 1.86. The van der Waals surface area contributed by atoms with Gasteiger partial charge in [0.1, 0.15) is 0 Å². The minimum atomic E-state index is 1.06. The van der Waals surface area contributed by atoms with Gasteiger partial charge in [-0.05, 0) is 43.3 Å². The van der Waals surface area contributed by atoms with Gasteiger partial charge in [0.25, 0.3) is 0 Å². The van der Waals surface area contributed by atoms with Crippen molar-refractivity contribution in [3.8, 4) is 5.69 Å². The van der Waals surface area contributed by atoms with Gasteiger partial charge in [0.2, 0.25) is 0 Å². The molecule has 2 nitrogen and oxygen atoms in total. The van der Waals surface area contributed by atoms with Crippen molar-refractivity contribution in [1.82, 2.24) is 9.55 Å². The molecule has 20 heavy (non-hydrogen) atoms. The molecule has 0 spiro atoms. The lowest BCUT2D eigenvalue weighted by atomic mass is 10.1. The summed E-state index contributed by atoms with van der Waals surface area (Å²) >= 11 is 0. The van der Waals surface area contributed by atoms with Crippen LogP contribution in [0.5, 0.6) is 0 Å². The Morgan fingerprint density at radius 3 is 2.55 bits per heavy atom. The number of aromatic nitrogens is 2. The summed E-state index contributed by atoms with van der Waals surface area (Å²) < 4.78 is 2.27. The monoisotopic (exact) mass is 258 g/mol. The Morgan fingerprint density at radius 1 is 0.850 bits per heavy atom. The van der Waals surface area contributed by atoms with E-state index in [1.54, 1.807) is 0 Å². The number of rotatable bonds is 1. The molecule has 0 atom stereocenters. The first kappa shape index (κ1) is 11.2. The smallest absolute Gasteiger partial charge is 0.0963 e. The summed E-state index contributed by atoms with van der Waals surface area (Å²) in [5.41, 5.74) is 5.85. The van der Waals surface area contributed by atoms with Gasteiger partial charge in [0.15, 0.2) is 0 Å². The van der Waals surface area contributed by atoms with Gasteiger partial charge < -0.3 is 4.57 Å². The Balaban J connectivity index is 2.22. The van der Waals surface area contributed by atoms with Gasteiger partial charge in [0.05, 0.1) is 16.6 Å². The summed E-state index contributed by atoms with van der Waals surface area (Å²) in [7, 11) is 0. The summed E-state index contributed by atoms with van der Waals surface area (Å²) in [4.78, 5) is 4.58. The summed E-state index contributed by atoms with van der Waals surface area (Å²) in [5, 5.41) is 1.21. The molecule has 0 unspecified atom stereocenters. The van der Waals surface area contributed by atoms with Crippen LogP contribution in [0.3, 0.4) is 0 Å². The van der Waals surface area contributed by atoms with Gasteiger partial charge in [-0.25, -0.2) is 0 Å². The van der Waals surface area contributed by atoms with Gasteiger partial charge in [-0.2, -0.15) is 0 Å². The minimum Gasteiger partial charge on any atom is -0.308 e. The number of benzene rings is 2. The molecule has 2 aromatic heterocycles. The number of nitrogens with zero attached hydrogens (tertiary/aromatic N) is 2. The van der Waals surface area contributed by atoms with E-state index in [-0.39, 0.29) is 0 Å². The molecule has 0 aliphatic carbocycles. The average molecular weight is 258 g/mol. The van der Waals surface area contributed by atoms with Gasteiger partial charge in [0, 0.05) is 17.3 Å². The number of para-hydroxylation sites is 1. The van der Waals surface area contributed by atoms with Gasteiger partial charge >= 0.3 is 0 Å². The van der Waals surface area contributed by atoms with Crippen LogP contribution in [0.2, 0.25) is 0 Å². The zero-order valence-electron chi connectivity index (χ0n) is 11.2. The maximum atomic E-state index is 4.58. The van der Waals surface area contributed by atoms with E-state index in [4.69, 9.17) is 0 Å². The van der Waals surface area contributed by atoms with Crippen LogP contribution in [0.1, 0.15) is 5.56 Å². The molecule has 0 amide bonds. The Morgan fingerprint density at radius 2 is 1.70 bits per heavy atom. The summed E-state index contributed by atoms with van der Waals surface area (Å²) in [6.45, 7) is 2.12. The third-order valence-corrected chi connectivity index (χ3v) is 3.69. The fourth-order valence-corrected chi connectivity index (χ4v) is 2.80. The highest BCUT2D eigenvalue weighted by Crippen LogP contribution is 2.30. The molecule has 4 aromatic rings. The molecule has 0 aliphatic rings. The second kappa shape index (κ2) is 4.20. The predicted octanol–water partition coefficient (Wildman–Crippen LogP) is 4.49. The molecular weight excluding hydrogens is 244 g/mol. The molecule has 2 heterocycles. The molecule has 0 saturated heterocycles. The zero-order valence-corrected chi connectivity index (χ0v) is 11.2. The Bertz CT molecular complexity index is 905. The molecule has 0 bridgehead atoms. The zero-order chi connectivity index (χ0) is 13.5. The van der Waals surface area contributed by atoms with Crippen LogP contribution in [-0.2, 0) is 0 Å². The highest BCUT2D eigenvalue weighted by molar-refractivity contribution is 6.07. The second-order valence-corrected chi connectivity index (χ2v) is 5.06. The van der Waals surface area contributed by atoms with Crippen molar-refractivity contribution in [2.45, 2.75) is 6.92 Å². The van der Waals surface area contributed by atoms with E-state index in [0.29, 0.717) is 0 Å². The number of pyridine rings is 1. The third kappa shape index (κ3) is 1.55. The SMILES string of the molecule is Cc1ccc2c(c1)c1ncccc1n2-c1ccccc1. The van der Waals surface area contributed by atoms with Gasteiger partial charge in [-0.3, -0.25) is 4.98 Å². The van der Waals surface area contributed by atoms with Crippen LogP contribution >= 0.6 is 0 Å². The fourth-order valence-electron chi connectivity index (χ4n) is 2.80. The van der Waals surface area contributed by atoms with E-state index in [2.05, 4.69) is 65.0 Å². The van der Waals surface area contributed by atoms with E-state index in [0.717, 1.165) is 11.0 Å². The van der Waals surface area contributed by atoms with Crippen molar-refractivity contribution >= 4 is 21.9 Å². The summed E-state index contributed by atoms with van der Waals surface area (Å²) in [5.74, 6) is 0. The lowest BCUT2D eigenvalue weighted by Gasteiger charge is -2.06. The number of hydrogen-bond acceptors (Lipinski definition) is 1. The highest BCUT2D eigenvalue weighted by Gasteiger charge is 2.12. The molecule has 0 radical (unpaired) electrons. The lowest BCUT2D eigenvalue weighted by Crippen LogP contribution is -1.92. The van der Waals surface area contributed by atoms with Crippen molar-refractivity contribution in [3.05, 3.63) is 72.4 Å². The molecule has 0 saturated carbocycles. The maximum Gasteiger partial charge on any atom is 0.0963 e. The van der Waals surface area contributed by atoms with E-state index in [1.165, 1.54) is 22.2 Å². The minimum absolute atomic E-state index is 1.06. The van der Waals surface area contributed by atoms with Crippen LogP contribution in [-0.4, -0.2) is 9.55 Å². The van der Waals surface area contributed by atoms with Gasteiger partial charge in [-0.1, -0.05) is 29.8 Å². The maximum absolute atomic E-state index is 4.58. The number of hydrogen-bond donors (Lipinski definition) is 0.